The molecule has 2 heterocycles. The van der Waals surface area contributed by atoms with Crippen molar-refractivity contribution in [2.24, 2.45) is 0 Å². The van der Waals surface area contributed by atoms with Crippen molar-refractivity contribution in [3.8, 4) is 0 Å². The Morgan fingerprint density at radius 2 is 2.20 bits per heavy atom. The van der Waals surface area contributed by atoms with E-state index >= 15 is 0 Å². The highest BCUT2D eigenvalue weighted by molar-refractivity contribution is 14.1. The van der Waals surface area contributed by atoms with E-state index in [1.54, 1.807) is 0 Å². The molecule has 2 rings (SSSR count). The van der Waals surface area contributed by atoms with Crippen molar-refractivity contribution in [1.82, 2.24) is 19.3 Å². The van der Waals surface area contributed by atoms with Crippen molar-refractivity contribution < 1.29 is 0 Å². The number of hydrogen-bond donors (Lipinski definition) is 0. The topological polar surface area (TPSA) is 35.6 Å². The Labute approximate surface area is 115 Å². The summed E-state index contributed by atoms with van der Waals surface area (Å²) < 4.78 is 6.29. The SMILES string of the molecule is CCn1cc(Cn2cnc(I)c2I)cn1. The van der Waals surface area contributed by atoms with E-state index in [1.807, 2.05) is 17.2 Å². The van der Waals surface area contributed by atoms with Crippen LogP contribution < -0.4 is 0 Å². The van der Waals surface area contributed by atoms with Gasteiger partial charge in [0.1, 0.15) is 7.40 Å². The standard InChI is InChI=1S/C9H10I2N4/c1-2-15-5-7(3-13-15)4-14-6-12-8(10)9(14)11/h3,5-6H,2,4H2,1H3. The summed E-state index contributed by atoms with van der Waals surface area (Å²) in [6.07, 6.45) is 5.85. The van der Waals surface area contributed by atoms with E-state index in [9.17, 15) is 0 Å². The lowest BCUT2D eigenvalue weighted by Gasteiger charge is -2.00. The second-order valence-corrected chi connectivity index (χ2v) is 5.20. The second kappa shape index (κ2) is 4.81. The number of imidazole rings is 1. The molecule has 4 nitrogen and oxygen atoms in total. The van der Waals surface area contributed by atoms with Gasteiger partial charge in [-0.25, -0.2) is 4.98 Å². The number of halogens is 2. The minimum absolute atomic E-state index is 0.842. The Bertz CT molecular complexity index is 460. The summed E-state index contributed by atoms with van der Waals surface area (Å²) in [7, 11) is 0. The van der Waals surface area contributed by atoms with Gasteiger partial charge in [0.25, 0.3) is 0 Å². The third-order valence-electron chi connectivity index (χ3n) is 2.10. The van der Waals surface area contributed by atoms with Crippen LogP contribution in [0.2, 0.25) is 0 Å². The first-order chi connectivity index (χ1) is 7.20. The van der Waals surface area contributed by atoms with Crippen LogP contribution in [0.4, 0.5) is 0 Å². The zero-order valence-corrected chi connectivity index (χ0v) is 12.5. The molecule has 0 aromatic carbocycles. The summed E-state index contributed by atoms with van der Waals surface area (Å²) in [6, 6.07) is 0. The largest absolute Gasteiger partial charge is 0.321 e. The molecule has 2 aromatic heterocycles. The molecule has 0 aliphatic heterocycles. The van der Waals surface area contributed by atoms with Crippen LogP contribution in [0.25, 0.3) is 0 Å². The molecule has 6 heteroatoms. The van der Waals surface area contributed by atoms with E-state index in [2.05, 4.69) is 73.0 Å². The smallest absolute Gasteiger partial charge is 0.132 e. The average molecular weight is 428 g/mol. The van der Waals surface area contributed by atoms with Gasteiger partial charge in [-0.2, -0.15) is 5.10 Å². The predicted octanol–water partition coefficient (Wildman–Crippen LogP) is 2.36. The number of aryl methyl sites for hydroxylation is 1. The van der Waals surface area contributed by atoms with Crippen LogP contribution in [0.1, 0.15) is 12.5 Å². The molecule has 0 atom stereocenters. The quantitative estimate of drug-likeness (QED) is 0.705. The van der Waals surface area contributed by atoms with Crippen LogP contribution in [0.15, 0.2) is 18.7 Å². The van der Waals surface area contributed by atoms with Gasteiger partial charge in [-0.15, -0.1) is 0 Å². The third kappa shape index (κ3) is 2.52. The maximum absolute atomic E-state index is 4.25. The normalized spacial score (nSPS) is 10.9. The van der Waals surface area contributed by atoms with Gasteiger partial charge in [0, 0.05) is 18.3 Å². The van der Waals surface area contributed by atoms with Gasteiger partial charge in [0.15, 0.2) is 0 Å². The number of hydrogen-bond acceptors (Lipinski definition) is 2. The molecular formula is C9H10I2N4. The summed E-state index contributed by atoms with van der Waals surface area (Å²) in [4.78, 5) is 4.25. The molecule has 80 valence electrons. The zero-order chi connectivity index (χ0) is 10.8. The molecule has 0 saturated heterocycles. The molecule has 15 heavy (non-hydrogen) atoms. The second-order valence-electron chi connectivity index (χ2n) is 3.16. The Hall–Kier alpha value is -0.120. The monoisotopic (exact) mass is 428 g/mol. The molecular weight excluding hydrogens is 418 g/mol. The molecule has 0 aliphatic carbocycles. The maximum Gasteiger partial charge on any atom is 0.132 e. The third-order valence-corrected chi connectivity index (χ3v) is 5.05. The minimum atomic E-state index is 0.842. The van der Waals surface area contributed by atoms with Crippen LogP contribution in [-0.2, 0) is 13.1 Å². The molecule has 0 spiro atoms. The van der Waals surface area contributed by atoms with Crippen LogP contribution in [-0.4, -0.2) is 19.3 Å². The van der Waals surface area contributed by atoms with Gasteiger partial charge in [0.2, 0.25) is 0 Å². The van der Waals surface area contributed by atoms with Crippen molar-refractivity contribution in [1.29, 1.82) is 0 Å². The summed E-state index contributed by atoms with van der Waals surface area (Å²) in [5.74, 6) is 0. The Morgan fingerprint density at radius 1 is 1.40 bits per heavy atom. The van der Waals surface area contributed by atoms with Crippen molar-refractivity contribution in [2.75, 3.05) is 0 Å². The fourth-order valence-electron chi connectivity index (χ4n) is 1.31. The van der Waals surface area contributed by atoms with Crippen LogP contribution in [0.3, 0.4) is 0 Å². The van der Waals surface area contributed by atoms with E-state index < -0.39 is 0 Å². The molecule has 0 saturated carbocycles. The zero-order valence-electron chi connectivity index (χ0n) is 8.19. The number of rotatable bonds is 3. The maximum atomic E-state index is 4.25. The van der Waals surface area contributed by atoms with Gasteiger partial charge in [-0.3, -0.25) is 4.68 Å². The highest BCUT2D eigenvalue weighted by atomic mass is 127. The summed E-state index contributed by atoms with van der Waals surface area (Å²) in [5.41, 5.74) is 1.21. The van der Waals surface area contributed by atoms with Gasteiger partial charge >= 0.3 is 0 Å². The molecule has 2 aromatic rings. The van der Waals surface area contributed by atoms with E-state index in [0.717, 1.165) is 16.8 Å². The summed E-state index contributed by atoms with van der Waals surface area (Å²) >= 11 is 4.55. The number of aromatic nitrogens is 4. The van der Waals surface area contributed by atoms with Crippen molar-refractivity contribution in [2.45, 2.75) is 20.0 Å². The molecule has 0 bridgehead atoms. The molecule has 0 N–H and O–H groups in total. The number of nitrogens with zero attached hydrogens (tertiary/aromatic N) is 4. The van der Waals surface area contributed by atoms with Crippen LogP contribution in [0.5, 0.6) is 0 Å². The van der Waals surface area contributed by atoms with E-state index in [4.69, 9.17) is 0 Å². The average Bonchev–Trinajstić information content (AvgIpc) is 2.80. The highest BCUT2D eigenvalue weighted by Gasteiger charge is 2.06. The lowest BCUT2D eigenvalue weighted by molar-refractivity contribution is 0.658. The van der Waals surface area contributed by atoms with E-state index in [0.29, 0.717) is 0 Å². The molecule has 0 aliphatic rings. The van der Waals surface area contributed by atoms with Crippen molar-refractivity contribution in [3.05, 3.63) is 31.7 Å². The summed E-state index contributed by atoms with van der Waals surface area (Å²) in [5, 5.41) is 4.25. The van der Waals surface area contributed by atoms with Gasteiger partial charge in [0.05, 0.1) is 19.1 Å². The molecule has 0 amide bonds. The first-order valence-electron chi connectivity index (χ1n) is 4.58. The van der Waals surface area contributed by atoms with E-state index in [1.165, 1.54) is 9.26 Å². The fourth-order valence-corrected chi connectivity index (χ4v) is 2.18. The Balaban J connectivity index is 2.18. The molecule has 0 radical (unpaired) electrons. The van der Waals surface area contributed by atoms with E-state index in [-0.39, 0.29) is 0 Å². The molecule has 0 unspecified atom stereocenters. The van der Waals surface area contributed by atoms with Crippen molar-refractivity contribution >= 4 is 45.2 Å². The van der Waals surface area contributed by atoms with Gasteiger partial charge in [-0.05, 0) is 52.1 Å². The lowest BCUT2D eigenvalue weighted by atomic mass is 10.3. The minimum Gasteiger partial charge on any atom is -0.321 e. The summed E-state index contributed by atoms with van der Waals surface area (Å²) in [6.45, 7) is 3.84. The first kappa shape index (κ1) is 11.4. The highest BCUT2D eigenvalue weighted by Crippen LogP contribution is 2.14. The predicted molar refractivity (Wildman–Crippen MR) is 74.7 cm³/mol. The lowest BCUT2D eigenvalue weighted by Crippen LogP contribution is -2.00. The van der Waals surface area contributed by atoms with Crippen LogP contribution >= 0.6 is 45.2 Å². The van der Waals surface area contributed by atoms with Gasteiger partial charge < -0.3 is 4.57 Å². The van der Waals surface area contributed by atoms with Gasteiger partial charge in [-0.1, -0.05) is 0 Å². The Morgan fingerprint density at radius 3 is 2.73 bits per heavy atom. The molecule has 0 fully saturated rings. The van der Waals surface area contributed by atoms with Crippen LogP contribution in [0, 0.1) is 7.40 Å². The Kier molecular flexibility index (Phi) is 3.65. The first-order valence-corrected chi connectivity index (χ1v) is 6.74. The fraction of sp³-hybridized carbons (Fsp3) is 0.333. The van der Waals surface area contributed by atoms with Crippen molar-refractivity contribution in [3.63, 3.8) is 0 Å².